The molecule has 110 valence electrons. The first kappa shape index (κ1) is 16.0. The first-order chi connectivity index (χ1) is 9.49. The maximum absolute atomic E-state index is 12.2. The summed E-state index contributed by atoms with van der Waals surface area (Å²) in [7, 11) is 1.59. The van der Waals surface area contributed by atoms with Gasteiger partial charge in [0.05, 0.1) is 19.3 Å². The lowest BCUT2D eigenvalue weighted by atomic mass is 10.1. The highest BCUT2D eigenvalue weighted by Crippen LogP contribution is 2.23. The molecular formula is C15H23N3O2. The van der Waals surface area contributed by atoms with Crippen LogP contribution in [0.1, 0.15) is 32.4 Å². The zero-order valence-corrected chi connectivity index (χ0v) is 12.6. The van der Waals surface area contributed by atoms with Gasteiger partial charge in [-0.2, -0.15) is 0 Å². The number of carbonyl (C=O) groups excluding carboxylic acids is 1. The van der Waals surface area contributed by atoms with Crippen LogP contribution >= 0.6 is 0 Å². The van der Waals surface area contributed by atoms with Gasteiger partial charge in [-0.15, -0.1) is 0 Å². The smallest absolute Gasteiger partial charge is 0.318 e. The van der Waals surface area contributed by atoms with Gasteiger partial charge in [-0.1, -0.05) is 12.2 Å². The lowest BCUT2D eigenvalue weighted by molar-refractivity contribution is 0.201. The first-order valence-corrected chi connectivity index (χ1v) is 6.67. The number of likely N-dealkylation sites (N-methyl/N-ethyl adjacent to an activating group) is 1. The minimum atomic E-state index is -0.153. The molecule has 0 spiro atoms. The molecule has 1 N–H and O–H groups in total. The van der Waals surface area contributed by atoms with E-state index in [1.54, 1.807) is 24.4 Å². The van der Waals surface area contributed by atoms with E-state index in [9.17, 15) is 4.79 Å². The Morgan fingerprint density at radius 2 is 2.30 bits per heavy atom. The number of ether oxygens (including phenoxy) is 1. The molecule has 0 saturated heterocycles. The molecule has 0 aromatic carbocycles. The summed E-state index contributed by atoms with van der Waals surface area (Å²) >= 11 is 0. The molecule has 5 heteroatoms. The number of rotatable bonds is 6. The van der Waals surface area contributed by atoms with Crippen molar-refractivity contribution in [1.29, 1.82) is 0 Å². The van der Waals surface area contributed by atoms with Crippen molar-refractivity contribution in [2.45, 2.75) is 26.8 Å². The van der Waals surface area contributed by atoms with Crippen molar-refractivity contribution in [1.82, 2.24) is 15.2 Å². The Kier molecular flexibility index (Phi) is 6.03. The monoisotopic (exact) mass is 277 g/mol. The van der Waals surface area contributed by atoms with Crippen LogP contribution in [0, 0.1) is 0 Å². The van der Waals surface area contributed by atoms with Crippen molar-refractivity contribution in [2.24, 2.45) is 0 Å². The van der Waals surface area contributed by atoms with E-state index in [1.807, 2.05) is 26.8 Å². The summed E-state index contributed by atoms with van der Waals surface area (Å²) in [4.78, 5) is 17.9. The minimum absolute atomic E-state index is 0.109. The van der Waals surface area contributed by atoms with E-state index in [2.05, 4.69) is 16.9 Å². The van der Waals surface area contributed by atoms with Gasteiger partial charge in [0.2, 0.25) is 0 Å². The lowest BCUT2D eigenvalue weighted by Gasteiger charge is -2.24. The molecule has 1 heterocycles. The van der Waals surface area contributed by atoms with E-state index in [0.29, 0.717) is 18.8 Å². The van der Waals surface area contributed by atoms with E-state index < -0.39 is 0 Å². The van der Waals surface area contributed by atoms with Crippen molar-refractivity contribution < 1.29 is 9.53 Å². The van der Waals surface area contributed by atoms with Gasteiger partial charge in [0.1, 0.15) is 5.75 Å². The number of aromatic nitrogens is 1. The van der Waals surface area contributed by atoms with Gasteiger partial charge in [-0.05, 0) is 26.8 Å². The molecule has 0 aliphatic carbocycles. The van der Waals surface area contributed by atoms with Crippen LogP contribution in [0.4, 0.5) is 4.79 Å². The third-order valence-corrected chi connectivity index (χ3v) is 2.97. The molecule has 0 aliphatic rings. The molecule has 1 rings (SSSR count). The second kappa shape index (κ2) is 7.53. The number of hydrogen-bond donors (Lipinski definition) is 1. The number of urea groups is 1. The van der Waals surface area contributed by atoms with E-state index in [-0.39, 0.29) is 12.1 Å². The second-order valence-corrected chi connectivity index (χ2v) is 4.76. The van der Waals surface area contributed by atoms with Gasteiger partial charge in [0.25, 0.3) is 0 Å². The summed E-state index contributed by atoms with van der Waals surface area (Å²) in [5.74, 6) is 0.670. The SMILES string of the molecule is C=C(C)CN(CC)C(=O)N[C@H](C)c1ccncc1OC. The van der Waals surface area contributed by atoms with Gasteiger partial charge >= 0.3 is 6.03 Å². The highest BCUT2D eigenvalue weighted by atomic mass is 16.5. The third kappa shape index (κ3) is 4.26. The number of nitrogens with one attached hydrogen (secondary N) is 1. The van der Waals surface area contributed by atoms with Crippen LogP contribution in [0.2, 0.25) is 0 Å². The van der Waals surface area contributed by atoms with E-state index in [0.717, 1.165) is 11.1 Å². The Morgan fingerprint density at radius 1 is 1.60 bits per heavy atom. The maximum Gasteiger partial charge on any atom is 0.318 e. The third-order valence-electron chi connectivity index (χ3n) is 2.97. The number of nitrogens with zero attached hydrogens (tertiary/aromatic N) is 2. The molecule has 1 aromatic heterocycles. The van der Waals surface area contributed by atoms with Gasteiger partial charge in [-0.3, -0.25) is 4.98 Å². The molecule has 5 nitrogen and oxygen atoms in total. The highest BCUT2D eigenvalue weighted by molar-refractivity contribution is 5.75. The molecule has 0 fully saturated rings. The summed E-state index contributed by atoms with van der Waals surface area (Å²) in [5.41, 5.74) is 1.86. The number of amides is 2. The summed E-state index contributed by atoms with van der Waals surface area (Å²) in [6, 6.07) is 1.58. The largest absolute Gasteiger partial charge is 0.495 e. The fourth-order valence-electron chi connectivity index (χ4n) is 1.93. The van der Waals surface area contributed by atoms with Crippen molar-refractivity contribution in [3.8, 4) is 5.75 Å². The molecule has 1 atom stereocenters. The first-order valence-electron chi connectivity index (χ1n) is 6.67. The molecule has 0 unspecified atom stereocenters. The van der Waals surface area contributed by atoms with Crippen molar-refractivity contribution in [3.05, 3.63) is 36.2 Å². The molecule has 0 bridgehead atoms. The van der Waals surface area contributed by atoms with E-state index in [1.165, 1.54) is 0 Å². The highest BCUT2D eigenvalue weighted by Gasteiger charge is 2.17. The molecule has 0 radical (unpaired) electrons. The van der Waals surface area contributed by atoms with Crippen LogP contribution in [0.5, 0.6) is 5.75 Å². The van der Waals surface area contributed by atoms with Gasteiger partial charge in [0.15, 0.2) is 0 Å². The van der Waals surface area contributed by atoms with Crippen molar-refractivity contribution >= 4 is 6.03 Å². The van der Waals surface area contributed by atoms with Crippen LogP contribution in [-0.2, 0) is 0 Å². The molecule has 0 aliphatic heterocycles. The summed E-state index contributed by atoms with van der Waals surface area (Å²) < 4.78 is 5.26. The fourth-order valence-corrected chi connectivity index (χ4v) is 1.93. The molecule has 1 aromatic rings. The second-order valence-electron chi connectivity index (χ2n) is 4.76. The average molecular weight is 277 g/mol. The molecule has 0 saturated carbocycles. The minimum Gasteiger partial charge on any atom is -0.495 e. The van der Waals surface area contributed by atoms with Crippen LogP contribution in [-0.4, -0.2) is 36.1 Å². The number of pyridine rings is 1. The van der Waals surface area contributed by atoms with Crippen LogP contribution in [0.3, 0.4) is 0 Å². The predicted molar refractivity (Wildman–Crippen MR) is 79.8 cm³/mol. The zero-order chi connectivity index (χ0) is 15.1. The van der Waals surface area contributed by atoms with Crippen LogP contribution in [0.25, 0.3) is 0 Å². The fraction of sp³-hybridized carbons (Fsp3) is 0.467. The molecule has 20 heavy (non-hydrogen) atoms. The van der Waals surface area contributed by atoms with Gasteiger partial charge in [-0.25, -0.2) is 4.79 Å². The Morgan fingerprint density at radius 3 is 2.85 bits per heavy atom. The van der Waals surface area contributed by atoms with Crippen LogP contribution < -0.4 is 10.1 Å². The maximum atomic E-state index is 12.2. The normalized spacial score (nSPS) is 11.6. The lowest BCUT2D eigenvalue weighted by Crippen LogP contribution is -2.41. The summed E-state index contributed by atoms with van der Waals surface area (Å²) in [6.45, 7) is 10.8. The summed E-state index contributed by atoms with van der Waals surface area (Å²) in [5, 5.41) is 2.97. The Balaban J connectivity index is 2.76. The Bertz CT molecular complexity index is 474. The zero-order valence-electron chi connectivity index (χ0n) is 12.6. The van der Waals surface area contributed by atoms with Crippen molar-refractivity contribution in [2.75, 3.05) is 20.2 Å². The molecule has 2 amide bonds. The van der Waals surface area contributed by atoms with Gasteiger partial charge in [0, 0.05) is 24.8 Å². The van der Waals surface area contributed by atoms with Gasteiger partial charge < -0.3 is 15.0 Å². The number of methoxy groups -OCH3 is 1. The Hall–Kier alpha value is -2.04. The van der Waals surface area contributed by atoms with E-state index >= 15 is 0 Å². The topological polar surface area (TPSA) is 54.5 Å². The van der Waals surface area contributed by atoms with Crippen LogP contribution in [0.15, 0.2) is 30.6 Å². The molecular weight excluding hydrogens is 254 g/mol. The standard InChI is InChI=1S/C15H23N3O2/c1-6-18(10-11(2)3)15(19)17-12(4)13-7-8-16-9-14(13)20-5/h7-9,12H,2,6,10H2,1,3-5H3,(H,17,19)/t12-/m1/s1. The van der Waals surface area contributed by atoms with E-state index in [4.69, 9.17) is 4.74 Å². The van der Waals surface area contributed by atoms with Crippen molar-refractivity contribution in [3.63, 3.8) is 0 Å². The summed E-state index contributed by atoms with van der Waals surface area (Å²) in [6.07, 6.45) is 3.33. The predicted octanol–water partition coefficient (Wildman–Crippen LogP) is 2.76. The quantitative estimate of drug-likeness (QED) is 0.813. The number of carbonyl (C=O) groups is 1. The Labute approximate surface area is 120 Å². The average Bonchev–Trinajstić information content (AvgIpc) is 2.44. The number of hydrogen-bond acceptors (Lipinski definition) is 3.